The maximum absolute atomic E-state index is 8.53. The van der Waals surface area contributed by atoms with Gasteiger partial charge in [0.15, 0.2) is 0 Å². The molecule has 15 heavy (non-hydrogen) atoms. The summed E-state index contributed by atoms with van der Waals surface area (Å²) in [5, 5.41) is 20.0. The molecule has 0 fully saturated rings. The van der Waals surface area contributed by atoms with E-state index >= 15 is 0 Å². The lowest BCUT2D eigenvalue weighted by Crippen LogP contribution is -1.91. The van der Waals surface area contributed by atoms with Crippen LogP contribution >= 0.6 is 0 Å². The molecule has 0 heterocycles. The van der Waals surface area contributed by atoms with Gasteiger partial charge in [-0.05, 0) is 37.1 Å². The maximum Gasteiger partial charge on any atom is 0.145 e. The topological polar surface area (TPSA) is 59.6 Å². The Kier molecular flexibility index (Phi) is 3.49. The fraction of sp³-hybridized carbons (Fsp3) is 0.167. The van der Waals surface area contributed by atoms with E-state index in [4.69, 9.17) is 10.5 Å². The number of benzene rings is 1. The Hall–Kier alpha value is -2.26. The Morgan fingerprint density at radius 1 is 1.13 bits per heavy atom. The van der Waals surface area contributed by atoms with Crippen LogP contribution in [-0.4, -0.2) is 0 Å². The first-order valence-corrected chi connectivity index (χ1v) is 4.51. The fourth-order valence-electron chi connectivity index (χ4n) is 1.30. The van der Waals surface area contributed by atoms with Gasteiger partial charge in [-0.2, -0.15) is 10.5 Å². The van der Waals surface area contributed by atoms with Gasteiger partial charge in [-0.25, -0.2) is 0 Å². The molecule has 3 heteroatoms. The van der Waals surface area contributed by atoms with Gasteiger partial charge in [0.2, 0.25) is 0 Å². The molecule has 3 nitrogen and oxygen atoms in total. The number of allylic oxidation sites excluding steroid dienone is 1. The van der Waals surface area contributed by atoms with E-state index in [1.165, 1.54) is 6.20 Å². The van der Waals surface area contributed by atoms with Crippen molar-refractivity contribution in [2.75, 3.05) is 5.32 Å². The lowest BCUT2D eigenvalue weighted by atomic mass is 10.1. The lowest BCUT2D eigenvalue weighted by molar-refractivity contribution is 1.37. The van der Waals surface area contributed by atoms with Gasteiger partial charge in [-0.3, -0.25) is 0 Å². The predicted octanol–water partition coefficient (Wildman–Crippen LogP) is 2.65. The predicted molar refractivity (Wildman–Crippen MR) is 58.8 cm³/mol. The molecule has 0 bridgehead atoms. The highest BCUT2D eigenvalue weighted by Crippen LogP contribution is 2.13. The van der Waals surface area contributed by atoms with Gasteiger partial charge in [0, 0.05) is 11.9 Å². The second-order valence-electron chi connectivity index (χ2n) is 3.30. The van der Waals surface area contributed by atoms with Crippen molar-refractivity contribution >= 4 is 5.69 Å². The van der Waals surface area contributed by atoms with Crippen LogP contribution in [0, 0.1) is 36.5 Å². The number of rotatable bonds is 2. The molecule has 0 spiro atoms. The van der Waals surface area contributed by atoms with E-state index in [1.807, 2.05) is 26.0 Å². The van der Waals surface area contributed by atoms with E-state index in [9.17, 15) is 0 Å². The number of hydrogen-bond acceptors (Lipinski definition) is 3. The average molecular weight is 197 g/mol. The molecule has 0 radical (unpaired) electrons. The Balaban J connectivity index is 2.88. The van der Waals surface area contributed by atoms with E-state index in [0.29, 0.717) is 0 Å². The van der Waals surface area contributed by atoms with Gasteiger partial charge >= 0.3 is 0 Å². The maximum atomic E-state index is 8.53. The van der Waals surface area contributed by atoms with Gasteiger partial charge in [0.1, 0.15) is 17.7 Å². The van der Waals surface area contributed by atoms with Gasteiger partial charge in [0.25, 0.3) is 0 Å². The Bertz CT molecular complexity index is 436. The van der Waals surface area contributed by atoms with E-state index in [2.05, 4.69) is 11.4 Å². The molecule has 0 aromatic heterocycles. The fourth-order valence-corrected chi connectivity index (χ4v) is 1.30. The molecular weight excluding hydrogens is 186 g/mol. The second kappa shape index (κ2) is 4.83. The van der Waals surface area contributed by atoms with Crippen molar-refractivity contribution in [2.24, 2.45) is 0 Å². The molecule has 0 aliphatic rings. The summed E-state index contributed by atoms with van der Waals surface area (Å²) >= 11 is 0. The minimum absolute atomic E-state index is 0.0640. The van der Waals surface area contributed by atoms with Crippen LogP contribution in [0.4, 0.5) is 5.69 Å². The molecule has 0 saturated carbocycles. The molecule has 0 amide bonds. The van der Waals surface area contributed by atoms with Crippen molar-refractivity contribution < 1.29 is 0 Å². The number of nitrogens with one attached hydrogen (secondary N) is 1. The monoisotopic (exact) mass is 197 g/mol. The first kappa shape index (κ1) is 10.8. The molecule has 0 unspecified atom stereocenters. The van der Waals surface area contributed by atoms with Gasteiger partial charge in [-0.15, -0.1) is 0 Å². The molecular formula is C12H11N3. The average Bonchev–Trinajstić information content (AvgIpc) is 2.18. The van der Waals surface area contributed by atoms with Crippen LogP contribution in [0.5, 0.6) is 0 Å². The SMILES string of the molecule is Cc1cc(C)cc(NC=C(C#N)C#N)c1. The number of aryl methyl sites for hydroxylation is 2. The van der Waals surface area contributed by atoms with Crippen LogP contribution in [0.1, 0.15) is 11.1 Å². The van der Waals surface area contributed by atoms with Crippen LogP contribution in [0.3, 0.4) is 0 Å². The third kappa shape index (κ3) is 3.17. The second-order valence-corrected chi connectivity index (χ2v) is 3.30. The summed E-state index contributed by atoms with van der Waals surface area (Å²) in [7, 11) is 0. The quantitative estimate of drug-likeness (QED) is 0.741. The Morgan fingerprint density at radius 2 is 1.67 bits per heavy atom. The zero-order valence-electron chi connectivity index (χ0n) is 8.70. The van der Waals surface area contributed by atoms with Crippen LogP contribution in [0.2, 0.25) is 0 Å². The molecule has 0 saturated heterocycles. The summed E-state index contributed by atoms with van der Waals surface area (Å²) in [6, 6.07) is 9.55. The largest absolute Gasteiger partial charge is 0.360 e. The van der Waals surface area contributed by atoms with Gasteiger partial charge in [0.05, 0.1) is 0 Å². The van der Waals surface area contributed by atoms with Crippen LogP contribution in [0.25, 0.3) is 0 Å². The zero-order valence-corrected chi connectivity index (χ0v) is 8.70. The van der Waals surface area contributed by atoms with Crippen LogP contribution < -0.4 is 5.32 Å². The number of hydrogen-bond donors (Lipinski definition) is 1. The molecule has 1 rings (SSSR count). The number of nitriles is 2. The first-order valence-electron chi connectivity index (χ1n) is 4.51. The standard InChI is InChI=1S/C12H11N3/c1-9-3-10(2)5-12(4-9)15-8-11(6-13)7-14/h3-5,8,15H,1-2H3. The molecule has 0 aliphatic carbocycles. The van der Waals surface area contributed by atoms with E-state index in [1.54, 1.807) is 12.1 Å². The van der Waals surface area contributed by atoms with Crippen molar-refractivity contribution in [2.45, 2.75) is 13.8 Å². The van der Waals surface area contributed by atoms with Gasteiger partial charge in [-0.1, -0.05) is 6.07 Å². The number of nitrogens with zero attached hydrogens (tertiary/aromatic N) is 2. The minimum atomic E-state index is 0.0640. The van der Waals surface area contributed by atoms with Crippen molar-refractivity contribution in [3.8, 4) is 12.1 Å². The molecule has 1 N–H and O–H groups in total. The Labute approximate surface area is 89.3 Å². The highest BCUT2D eigenvalue weighted by atomic mass is 14.8. The zero-order chi connectivity index (χ0) is 11.3. The normalized spacial score (nSPS) is 8.53. The highest BCUT2D eigenvalue weighted by Gasteiger charge is 1.95. The van der Waals surface area contributed by atoms with Crippen molar-refractivity contribution in [1.82, 2.24) is 0 Å². The third-order valence-corrected chi connectivity index (χ3v) is 1.85. The minimum Gasteiger partial charge on any atom is -0.360 e. The molecule has 1 aromatic rings. The smallest absolute Gasteiger partial charge is 0.145 e. The third-order valence-electron chi connectivity index (χ3n) is 1.85. The lowest BCUT2D eigenvalue weighted by Gasteiger charge is -2.03. The van der Waals surface area contributed by atoms with Crippen molar-refractivity contribution in [1.29, 1.82) is 10.5 Å². The van der Waals surface area contributed by atoms with E-state index < -0.39 is 0 Å². The van der Waals surface area contributed by atoms with E-state index in [0.717, 1.165) is 16.8 Å². The molecule has 0 atom stereocenters. The van der Waals surface area contributed by atoms with Crippen LogP contribution in [0.15, 0.2) is 30.0 Å². The highest BCUT2D eigenvalue weighted by molar-refractivity contribution is 5.52. The summed E-state index contributed by atoms with van der Waals surface area (Å²) < 4.78 is 0. The summed E-state index contributed by atoms with van der Waals surface area (Å²) in [4.78, 5) is 0. The van der Waals surface area contributed by atoms with Crippen molar-refractivity contribution in [3.05, 3.63) is 41.1 Å². The number of anilines is 1. The Morgan fingerprint density at radius 3 is 2.13 bits per heavy atom. The summed E-state index contributed by atoms with van der Waals surface area (Å²) in [5.74, 6) is 0. The summed E-state index contributed by atoms with van der Waals surface area (Å²) in [5.41, 5.74) is 3.23. The summed E-state index contributed by atoms with van der Waals surface area (Å²) in [6.07, 6.45) is 1.41. The summed E-state index contributed by atoms with van der Waals surface area (Å²) in [6.45, 7) is 3.99. The van der Waals surface area contributed by atoms with Crippen LogP contribution in [-0.2, 0) is 0 Å². The van der Waals surface area contributed by atoms with Gasteiger partial charge < -0.3 is 5.32 Å². The van der Waals surface area contributed by atoms with E-state index in [-0.39, 0.29) is 5.57 Å². The molecule has 0 aliphatic heterocycles. The first-order chi connectivity index (χ1) is 7.15. The molecule has 1 aromatic carbocycles. The molecule has 74 valence electrons. The van der Waals surface area contributed by atoms with Crippen molar-refractivity contribution in [3.63, 3.8) is 0 Å².